The van der Waals surface area contributed by atoms with Crippen LogP contribution in [-0.4, -0.2) is 55.6 Å². The summed E-state index contributed by atoms with van der Waals surface area (Å²) in [5.41, 5.74) is 1.41. The third kappa shape index (κ3) is 4.15. The van der Waals surface area contributed by atoms with Crippen LogP contribution < -0.4 is 10.1 Å². The Kier molecular flexibility index (Phi) is 5.74. The van der Waals surface area contributed by atoms with Crippen LogP contribution in [0.15, 0.2) is 49.3 Å². The lowest BCUT2D eigenvalue weighted by molar-refractivity contribution is -0.191. The van der Waals surface area contributed by atoms with Crippen LogP contribution in [0.25, 0.3) is 11.2 Å². The Bertz CT molecular complexity index is 1290. The number of nitrogens with zero attached hydrogens (tertiary/aromatic N) is 4. The van der Waals surface area contributed by atoms with Crippen molar-refractivity contribution in [2.75, 3.05) is 5.32 Å². The van der Waals surface area contributed by atoms with Crippen molar-refractivity contribution < 1.29 is 23.7 Å². The summed E-state index contributed by atoms with van der Waals surface area (Å²) in [6, 6.07) is 9.15. The molecule has 10 nitrogen and oxygen atoms in total. The van der Waals surface area contributed by atoms with Crippen LogP contribution in [0.3, 0.4) is 0 Å². The SMILES string of the molecule is C=C[C@H]1O[C@@H](n2cnc3c(NC(=O)c4ccccc4)nc(OC4CCCC4)nc32)[C@@H]2OC(C)(C)O[C@@H]21. The molecule has 1 amide bonds. The summed E-state index contributed by atoms with van der Waals surface area (Å²) in [5.74, 6) is -0.773. The fourth-order valence-electron chi connectivity index (χ4n) is 5.17. The van der Waals surface area contributed by atoms with Crippen molar-refractivity contribution in [2.24, 2.45) is 0 Å². The van der Waals surface area contributed by atoms with Gasteiger partial charge in [-0.25, -0.2) is 4.98 Å². The molecule has 1 aliphatic carbocycles. The molecule has 1 aromatic carbocycles. The van der Waals surface area contributed by atoms with E-state index in [-0.39, 0.29) is 36.0 Å². The van der Waals surface area contributed by atoms with Crippen molar-refractivity contribution in [3.63, 3.8) is 0 Å². The first-order valence-corrected chi connectivity index (χ1v) is 12.3. The van der Waals surface area contributed by atoms with E-state index < -0.39 is 18.1 Å². The lowest BCUT2D eigenvalue weighted by Crippen LogP contribution is -2.28. The molecule has 2 aromatic heterocycles. The number of nitrogens with one attached hydrogen (secondary N) is 1. The Morgan fingerprint density at radius 1 is 1.17 bits per heavy atom. The normalized spacial score (nSPS) is 27.3. The summed E-state index contributed by atoms with van der Waals surface area (Å²) in [4.78, 5) is 26.7. The number of hydrogen-bond acceptors (Lipinski definition) is 8. The molecule has 1 saturated carbocycles. The van der Waals surface area contributed by atoms with Gasteiger partial charge in [0.25, 0.3) is 5.91 Å². The van der Waals surface area contributed by atoms with Crippen molar-refractivity contribution in [2.45, 2.75) is 76.0 Å². The van der Waals surface area contributed by atoms with E-state index in [2.05, 4.69) is 21.9 Å². The third-order valence-electron chi connectivity index (χ3n) is 6.81. The van der Waals surface area contributed by atoms with Crippen molar-refractivity contribution in [3.05, 3.63) is 54.9 Å². The van der Waals surface area contributed by atoms with Crippen molar-refractivity contribution in [3.8, 4) is 6.01 Å². The lowest BCUT2D eigenvalue weighted by Gasteiger charge is -2.24. The number of benzene rings is 1. The first-order chi connectivity index (χ1) is 17.4. The van der Waals surface area contributed by atoms with Gasteiger partial charge in [0.05, 0.1) is 6.33 Å². The van der Waals surface area contributed by atoms with Gasteiger partial charge in [0, 0.05) is 5.56 Å². The predicted molar refractivity (Wildman–Crippen MR) is 131 cm³/mol. The van der Waals surface area contributed by atoms with Gasteiger partial charge < -0.3 is 24.3 Å². The Balaban J connectivity index is 1.40. The standard InChI is InChI=1S/C26H29N5O5/c1-4-17-19-20(36-26(2,3)35-19)24(34-17)31-14-27-18-21(28-23(32)15-10-6-5-7-11-15)29-25(30-22(18)31)33-16-12-8-9-13-16/h4-7,10-11,14,16-17,19-20,24H,1,8-9,12-13H2,2-3H3,(H,28,29,30,32)/t17-,19-,20-,24-/m1/s1. The van der Waals surface area contributed by atoms with Gasteiger partial charge in [-0.3, -0.25) is 9.36 Å². The molecule has 1 N–H and O–H groups in total. The topological polar surface area (TPSA) is 110 Å². The van der Waals surface area contributed by atoms with Crippen LogP contribution in [0.4, 0.5) is 5.82 Å². The molecule has 2 aliphatic heterocycles. The Labute approximate surface area is 208 Å². The van der Waals surface area contributed by atoms with Crippen molar-refractivity contribution in [1.82, 2.24) is 19.5 Å². The largest absolute Gasteiger partial charge is 0.460 e. The number of amides is 1. The van der Waals surface area contributed by atoms with Crippen LogP contribution in [0.1, 0.15) is 56.1 Å². The molecule has 3 aromatic rings. The van der Waals surface area contributed by atoms with Crippen LogP contribution in [0, 0.1) is 0 Å². The van der Waals surface area contributed by atoms with Gasteiger partial charge >= 0.3 is 6.01 Å². The zero-order valence-electron chi connectivity index (χ0n) is 20.3. The average molecular weight is 492 g/mol. The van der Waals surface area contributed by atoms with E-state index in [0.29, 0.717) is 16.7 Å². The third-order valence-corrected chi connectivity index (χ3v) is 6.81. The fraction of sp³-hybridized carbons (Fsp3) is 0.462. The Hall–Kier alpha value is -3.34. The minimum Gasteiger partial charge on any atom is -0.460 e. The molecule has 0 radical (unpaired) electrons. The van der Waals surface area contributed by atoms with E-state index in [0.717, 1.165) is 25.7 Å². The summed E-state index contributed by atoms with van der Waals surface area (Å²) in [6.07, 6.45) is 5.88. The minimum absolute atomic E-state index is 0.0427. The van der Waals surface area contributed by atoms with Gasteiger partial charge in [-0.05, 0) is 51.7 Å². The van der Waals surface area contributed by atoms with Gasteiger partial charge in [-0.2, -0.15) is 9.97 Å². The number of anilines is 1. The van der Waals surface area contributed by atoms with E-state index in [1.165, 1.54) is 0 Å². The van der Waals surface area contributed by atoms with Gasteiger partial charge in [0.2, 0.25) is 0 Å². The Morgan fingerprint density at radius 3 is 2.67 bits per heavy atom. The molecule has 6 rings (SSSR count). The maximum atomic E-state index is 13.0. The zero-order valence-corrected chi connectivity index (χ0v) is 20.3. The highest BCUT2D eigenvalue weighted by atomic mass is 16.8. The average Bonchev–Trinajstić information content (AvgIpc) is 3.64. The highest BCUT2D eigenvalue weighted by molar-refractivity contribution is 6.06. The van der Waals surface area contributed by atoms with E-state index in [1.54, 1.807) is 29.1 Å². The molecule has 0 unspecified atom stereocenters. The molecular formula is C26H29N5O5. The van der Waals surface area contributed by atoms with E-state index in [4.69, 9.17) is 23.9 Å². The second-order valence-electron chi connectivity index (χ2n) is 9.82. The van der Waals surface area contributed by atoms with Crippen molar-refractivity contribution in [1.29, 1.82) is 0 Å². The van der Waals surface area contributed by atoms with E-state index in [9.17, 15) is 4.79 Å². The van der Waals surface area contributed by atoms with Gasteiger partial charge in [0.15, 0.2) is 29.0 Å². The molecule has 188 valence electrons. The number of hydrogen-bond donors (Lipinski definition) is 1. The highest BCUT2D eigenvalue weighted by Gasteiger charge is 2.55. The molecule has 4 heterocycles. The summed E-state index contributed by atoms with van der Waals surface area (Å²) >= 11 is 0. The van der Waals surface area contributed by atoms with E-state index >= 15 is 0 Å². The number of ether oxygens (including phenoxy) is 4. The van der Waals surface area contributed by atoms with Crippen molar-refractivity contribution >= 4 is 22.9 Å². The molecular weight excluding hydrogens is 462 g/mol. The molecule has 0 bridgehead atoms. The molecule has 0 spiro atoms. The number of aromatic nitrogens is 4. The van der Waals surface area contributed by atoms with E-state index in [1.807, 2.05) is 32.0 Å². The fourth-order valence-corrected chi connectivity index (χ4v) is 5.17. The number of imidazole rings is 1. The highest BCUT2D eigenvalue weighted by Crippen LogP contribution is 2.44. The zero-order chi connectivity index (χ0) is 24.9. The maximum Gasteiger partial charge on any atom is 0.320 e. The minimum atomic E-state index is -0.754. The summed E-state index contributed by atoms with van der Waals surface area (Å²) in [6.45, 7) is 7.65. The lowest BCUT2D eigenvalue weighted by atomic mass is 10.1. The van der Waals surface area contributed by atoms with Crippen LogP contribution in [0.5, 0.6) is 6.01 Å². The summed E-state index contributed by atoms with van der Waals surface area (Å²) < 4.78 is 26.5. The number of rotatable bonds is 6. The molecule has 3 fully saturated rings. The summed E-state index contributed by atoms with van der Waals surface area (Å²) in [7, 11) is 0. The molecule has 2 saturated heterocycles. The van der Waals surface area contributed by atoms with Gasteiger partial charge in [-0.15, -0.1) is 6.58 Å². The smallest absolute Gasteiger partial charge is 0.320 e. The Morgan fingerprint density at radius 2 is 1.92 bits per heavy atom. The quantitative estimate of drug-likeness (QED) is 0.515. The number of carbonyl (C=O) groups is 1. The molecule has 36 heavy (non-hydrogen) atoms. The maximum absolute atomic E-state index is 13.0. The second-order valence-corrected chi connectivity index (χ2v) is 9.82. The predicted octanol–water partition coefficient (Wildman–Crippen LogP) is 4.00. The first kappa shape index (κ1) is 23.1. The van der Waals surface area contributed by atoms with Crippen LogP contribution >= 0.6 is 0 Å². The monoisotopic (exact) mass is 491 g/mol. The second kappa shape index (κ2) is 8.95. The first-order valence-electron chi connectivity index (χ1n) is 12.3. The number of fused-ring (bicyclic) bond motifs is 2. The van der Waals surface area contributed by atoms with Crippen LogP contribution in [-0.2, 0) is 14.2 Å². The van der Waals surface area contributed by atoms with Crippen LogP contribution in [0.2, 0.25) is 0 Å². The molecule has 4 atom stereocenters. The molecule has 10 heteroatoms. The number of carbonyl (C=O) groups excluding carboxylic acids is 1. The summed E-state index contributed by atoms with van der Waals surface area (Å²) in [5, 5.41) is 2.89. The van der Waals surface area contributed by atoms with Gasteiger partial charge in [-0.1, -0.05) is 24.3 Å². The van der Waals surface area contributed by atoms with Gasteiger partial charge in [0.1, 0.15) is 24.4 Å². The molecule has 3 aliphatic rings.